The highest BCUT2D eigenvalue weighted by atomic mass is 16.5. The van der Waals surface area contributed by atoms with Crippen molar-refractivity contribution in [3.63, 3.8) is 0 Å². The fraction of sp³-hybridized carbons (Fsp3) is 0.350. The molecule has 0 radical (unpaired) electrons. The summed E-state index contributed by atoms with van der Waals surface area (Å²) >= 11 is 0. The van der Waals surface area contributed by atoms with Crippen LogP contribution in [0, 0.1) is 0 Å². The molecule has 0 saturated carbocycles. The third kappa shape index (κ3) is 4.07. The average Bonchev–Trinajstić information content (AvgIpc) is 2.65. The highest BCUT2D eigenvalue weighted by Crippen LogP contribution is 2.32. The molecule has 1 atom stereocenters. The number of hydrogen-bond acceptors (Lipinski definition) is 3. The van der Waals surface area contributed by atoms with Gasteiger partial charge in [0.2, 0.25) is 5.91 Å². The predicted molar refractivity (Wildman–Crippen MR) is 93.6 cm³/mol. The minimum Gasteiger partial charge on any atom is -0.497 e. The number of aryl methyl sites for hydroxylation is 1. The van der Waals surface area contributed by atoms with Crippen molar-refractivity contribution in [1.82, 2.24) is 5.32 Å². The molecule has 0 aliphatic carbocycles. The van der Waals surface area contributed by atoms with Crippen LogP contribution in [0.1, 0.15) is 29.9 Å². The average molecular weight is 325 g/mol. The van der Waals surface area contributed by atoms with Gasteiger partial charge in [-0.05, 0) is 42.2 Å². The first-order valence-corrected chi connectivity index (χ1v) is 8.37. The molecule has 1 aliphatic heterocycles. The molecule has 2 aromatic carbocycles. The van der Waals surface area contributed by atoms with Gasteiger partial charge in [0.1, 0.15) is 11.5 Å². The summed E-state index contributed by atoms with van der Waals surface area (Å²) in [5, 5.41) is 3.07. The molecule has 4 heteroatoms. The van der Waals surface area contributed by atoms with Crippen LogP contribution in [-0.4, -0.2) is 26.2 Å². The van der Waals surface area contributed by atoms with Crippen molar-refractivity contribution in [3.05, 3.63) is 59.7 Å². The van der Waals surface area contributed by atoms with Gasteiger partial charge in [-0.25, -0.2) is 0 Å². The number of methoxy groups -OCH3 is 1. The number of para-hydroxylation sites is 1. The van der Waals surface area contributed by atoms with E-state index in [1.807, 2.05) is 42.5 Å². The Morgan fingerprint density at radius 3 is 2.79 bits per heavy atom. The van der Waals surface area contributed by atoms with Crippen molar-refractivity contribution in [2.45, 2.75) is 25.2 Å². The van der Waals surface area contributed by atoms with Crippen LogP contribution < -0.4 is 14.8 Å². The Labute approximate surface area is 142 Å². The molecule has 24 heavy (non-hydrogen) atoms. The molecule has 0 saturated heterocycles. The number of hydrogen-bond donors (Lipinski definition) is 1. The van der Waals surface area contributed by atoms with Crippen LogP contribution in [0.25, 0.3) is 0 Å². The maximum Gasteiger partial charge on any atom is 0.220 e. The summed E-state index contributed by atoms with van der Waals surface area (Å²) in [6.07, 6.45) is 2.17. The Morgan fingerprint density at radius 2 is 2.00 bits per heavy atom. The van der Waals surface area contributed by atoms with Gasteiger partial charge < -0.3 is 14.8 Å². The molecule has 1 N–H and O–H groups in total. The summed E-state index contributed by atoms with van der Waals surface area (Å²) in [5.41, 5.74) is 2.33. The molecule has 4 nitrogen and oxygen atoms in total. The van der Waals surface area contributed by atoms with Gasteiger partial charge in [-0.2, -0.15) is 0 Å². The van der Waals surface area contributed by atoms with Crippen LogP contribution in [0.15, 0.2) is 48.5 Å². The number of carbonyl (C=O) groups is 1. The molecule has 1 aliphatic rings. The van der Waals surface area contributed by atoms with E-state index in [-0.39, 0.29) is 5.91 Å². The van der Waals surface area contributed by atoms with Gasteiger partial charge in [-0.1, -0.05) is 30.3 Å². The van der Waals surface area contributed by atoms with Gasteiger partial charge in [-0.15, -0.1) is 0 Å². The third-order valence-corrected chi connectivity index (χ3v) is 4.43. The molecule has 1 amide bonds. The summed E-state index contributed by atoms with van der Waals surface area (Å²) in [6.45, 7) is 1.38. The second-order valence-electron chi connectivity index (χ2n) is 6.02. The Hall–Kier alpha value is -2.49. The summed E-state index contributed by atoms with van der Waals surface area (Å²) in [7, 11) is 1.65. The van der Waals surface area contributed by atoms with Gasteiger partial charge in [0.25, 0.3) is 0 Å². The molecule has 126 valence electrons. The van der Waals surface area contributed by atoms with E-state index in [9.17, 15) is 4.79 Å². The number of carbonyl (C=O) groups excluding carboxylic acids is 1. The minimum atomic E-state index is 0.0924. The fourth-order valence-corrected chi connectivity index (χ4v) is 3.00. The predicted octanol–water partition coefficient (Wildman–Crippen LogP) is 3.31. The molecule has 1 heterocycles. The summed E-state index contributed by atoms with van der Waals surface area (Å²) in [5.74, 6) is 2.21. The van der Waals surface area contributed by atoms with Crippen LogP contribution in [0.4, 0.5) is 0 Å². The molecule has 3 rings (SSSR count). The number of benzene rings is 2. The van der Waals surface area contributed by atoms with Crippen molar-refractivity contribution in [2.75, 3.05) is 20.3 Å². The lowest BCUT2D eigenvalue weighted by molar-refractivity contribution is -0.121. The Kier molecular flexibility index (Phi) is 5.36. The van der Waals surface area contributed by atoms with Crippen LogP contribution in [0.5, 0.6) is 11.5 Å². The quantitative estimate of drug-likeness (QED) is 0.886. The molecular weight excluding hydrogens is 302 g/mol. The molecule has 0 bridgehead atoms. The van der Waals surface area contributed by atoms with Gasteiger partial charge in [0, 0.05) is 18.9 Å². The van der Waals surface area contributed by atoms with Crippen LogP contribution in [0.3, 0.4) is 0 Å². The lowest BCUT2D eigenvalue weighted by Crippen LogP contribution is -2.30. The normalized spacial score (nSPS) is 16.0. The maximum absolute atomic E-state index is 12.1. The van der Waals surface area contributed by atoms with Crippen molar-refractivity contribution >= 4 is 5.91 Å². The number of amides is 1. The SMILES string of the molecule is COc1ccc(CCC(=O)NCC2CCOc3ccccc32)cc1. The standard InChI is InChI=1S/C20H23NO3/c1-23-17-9-6-15(7-10-17)8-11-20(22)21-14-16-12-13-24-19-5-3-2-4-18(16)19/h2-7,9-10,16H,8,11-14H2,1H3,(H,21,22). The van der Waals surface area contributed by atoms with E-state index in [0.717, 1.165) is 29.9 Å². The lowest BCUT2D eigenvalue weighted by Gasteiger charge is -2.26. The summed E-state index contributed by atoms with van der Waals surface area (Å²) in [4.78, 5) is 12.1. The van der Waals surface area contributed by atoms with E-state index in [1.165, 1.54) is 5.56 Å². The Morgan fingerprint density at radius 1 is 1.21 bits per heavy atom. The maximum atomic E-state index is 12.1. The molecule has 2 aromatic rings. The van der Waals surface area contributed by atoms with Crippen LogP contribution in [-0.2, 0) is 11.2 Å². The highest BCUT2D eigenvalue weighted by molar-refractivity contribution is 5.76. The van der Waals surface area contributed by atoms with Crippen molar-refractivity contribution in [2.24, 2.45) is 0 Å². The van der Waals surface area contributed by atoms with Gasteiger partial charge >= 0.3 is 0 Å². The highest BCUT2D eigenvalue weighted by Gasteiger charge is 2.21. The van der Waals surface area contributed by atoms with Gasteiger partial charge in [0.05, 0.1) is 13.7 Å². The molecular formula is C20H23NO3. The number of nitrogens with one attached hydrogen (secondary N) is 1. The van der Waals surface area contributed by atoms with Crippen molar-refractivity contribution in [3.8, 4) is 11.5 Å². The zero-order chi connectivity index (χ0) is 16.8. The van der Waals surface area contributed by atoms with Gasteiger partial charge in [-0.3, -0.25) is 4.79 Å². The van der Waals surface area contributed by atoms with Crippen LogP contribution >= 0.6 is 0 Å². The van der Waals surface area contributed by atoms with Crippen LogP contribution in [0.2, 0.25) is 0 Å². The number of ether oxygens (including phenoxy) is 2. The summed E-state index contributed by atoms with van der Waals surface area (Å²) in [6, 6.07) is 15.9. The Balaban J connectivity index is 1.47. The first-order valence-electron chi connectivity index (χ1n) is 8.37. The molecule has 0 fully saturated rings. The zero-order valence-electron chi connectivity index (χ0n) is 14.0. The Bertz CT molecular complexity index is 682. The second kappa shape index (κ2) is 7.86. The van der Waals surface area contributed by atoms with E-state index in [4.69, 9.17) is 9.47 Å². The van der Waals surface area contributed by atoms with Crippen molar-refractivity contribution < 1.29 is 14.3 Å². The van der Waals surface area contributed by atoms with Crippen molar-refractivity contribution in [1.29, 1.82) is 0 Å². The van der Waals surface area contributed by atoms with E-state index in [1.54, 1.807) is 7.11 Å². The molecule has 1 unspecified atom stereocenters. The summed E-state index contributed by atoms with van der Waals surface area (Å²) < 4.78 is 10.8. The largest absolute Gasteiger partial charge is 0.497 e. The first-order chi connectivity index (χ1) is 11.8. The van der Waals surface area contributed by atoms with E-state index >= 15 is 0 Å². The fourth-order valence-electron chi connectivity index (χ4n) is 3.00. The topological polar surface area (TPSA) is 47.6 Å². The zero-order valence-corrected chi connectivity index (χ0v) is 14.0. The number of fused-ring (bicyclic) bond motifs is 1. The van der Waals surface area contributed by atoms with Gasteiger partial charge in [0.15, 0.2) is 0 Å². The van der Waals surface area contributed by atoms with E-state index < -0.39 is 0 Å². The second-order valence-corrected chi connectivity index (χ2v) is 6.02. The third-order valence-electron chi connectivity index (χ3n) is 4.43. The van der Waals surface area contributed by atoms with E-state index in [0.29, 0.717) is 25.5 Å². The lowest BCUT2D eigenvalue weighted by atomic mass is 9.93. The monoisotopic (exact) mass is 325 g/mol. The minimum absolute atomic E-state index is 0.0924. The number of rotatable bonds is 6. The van der Waals surface area contributed by atoms with E-state index in [2.05, 4.69) is 11.4 Å². The first kappa shape index (κ1) is 16.4. The smallest absolute Gasteiger partial charge is 0.220 e. The molecule has 0 spiro atoms. The molecule has 0 aromatic heterocycles.